The van der Waals surface area contributed by atoms with Gasteiger partial charge in [0.15, 0.2) is 12.1 Å². The number of aryl methyl sites for hydroxylation is 1. The minimum atomic E-state index is -0.366. The van der Waals surface area contributed by atoms with E-state index in [4.69, 9.17) is 20.2 Å². The summed E-state index contributed by atoms with van der Waals surface area (Å²) in [5.74, 6) is 2.46. The van der Waals surface area contributed by atoms with Crippen molar-refractivity contribution in [3.8, 4) is 11.5 Å². The fourth-order valence-electron chi connectivity index (χ4n) is 3.89. The molecule has 0 aliphatic carbocycles. The molecular formula is C20H20N6O2. The van der Waals surface area contributed by atoms with Crippen LogP contribution in [0.3, 0.4) is 0 Å². The lowest BCUT2D eigenvalue weighted by Crippen LogP contribution is -2.31. The number of benzene rings is 2. The van der Waals surface area contributed by atoms with Gasteiger partial charge in [-0.05, 0) is 12.1 Å². The summed E-state index contributed by atoms with van der Waals surface area (Å²) in [5, 5.41) is 4.04. The molecule has 2 aromatic heterocycles. The molecule has 0 amide bonds. The van der Waals surface area contributed by atoms with E-state index >= 15 is 0 Å². The van der Waals surface area contributed by atoms with E-state index in [1.165, 1.54) is 0 Å². The van der Waals surface area contributed by atoms with E-state index in [2.05, 4.69) is 21.1 Å². The van der Waals surface area contributed by atoms with Gasteiger partial charge in [0.1, 0.15) is 11.5 Å². The molecule has 28 heavy (non-hydrogen) atoms. The number of imidazole rings is 1. The number of aromatic nitrogens is 3. The normalized spacial score (nSPS) is 16.0. The maximum absolute atomic E-state index is 6.09. The van der Waals surface area contributed by atoms with Gasteiger partial charge in [-0.3, -0.25) is 9.88 Å². The summed E-state index contributed by atoms with van der Waals surface area (Å²) < 4.78 is 15.2. The summed E-state index contributed by atoms with van der Waals surface area (Å²) >= 11 is 0. The number of nitrogens with one attached hydrogen (secondary N) is 1. The molecule has 1 unspecified atom stereocenters. The number of anilines is 1. The average Bonchev–Trinajstić information content (AvgIpc) is 3.24. The zero-order valence-electron chi connectivity index (χ0n) is 15.8. The molecule has 2 aromatic carbocycles. The predicted octanol–water partition coefficient (Wildman–Crippen LogP) is 2.83. The molecule has 0 spiro atoms. The van der Waals surface area contributed by atoms with Crippen molar-refractivity contribution in [1.82, 2.24) is 14.1 Å². The Hall–Kier alpha value is -3.68. The number of para-hydroxylation sites is 2. The molecule has 3 heterocycles. The Labute approximate surface area is 161 Å². The van der Waals surface area contributed by atoms with E-state index in [1.807, 2.05) is 48.0 Å². The zero-order valence-corrected chi connectivity index (χ0v) is 15.8. The first-order valence-electron chi connectivity index (χ1n) is 8.89. The molecular weight excluding hydrogens is 356 g/mol. The van der Waals surface area contributed by atoms with Crippen LogP contribution in [-0.2, 0) is 7.05 Å². The van der Waals surface area contributed by atoms with Gasteiger partial charge < -0.3 is 19.8 Å². The van der Waals surface area contributed by atoms with Crippen LogP contribution in [0.1, 0.15) is 11.7 Å². The Morgan fingerprint density at radius 3 is 2.71 bits per heavy atom. The second-order valence-electron chi connectivity index (χ2n) is 6.73. The lowest BCUT2D eigenvalue weighted by molar-refractivity contribution is 0.397. The Morgan fingerprint density at radius 1 is 1.11 bits per heavy atom. The minimum Gasteiger partial charge on any atom is -0.497 e. The Kier molecular flexibility index (Phi) is 3.48. The quantitative estimate of drug-likeness (QED) is 0.574. The SMILES string of the molecule is COc1cc(OC)c2c(C3N=C(N)Nc4nc5ccccc5n43)cn(C)c2c1. The number of nitrogens with two attached hydrogens (primary N) is 1. The van der Waals surface area contributed by atoms with Gasteiger partial charge in [0, 0.05) is 36.3 Å². The van der Waals surface area contributed by atoms with E-state index in [9.17, 15) is 0 Å². The molecule has 3 N–H and O–H groups in total. The molecule has 8 heteroatoms. The highest BCUT2D eigenvalue weighted by atomic mass is 16.5. The lowest BCUT2D eigenvalue weighted by atomic mass is 10.1. The van der Waals surface area contributed by atoms with Crippen LogP contribution in [0.15, 0.2) is 47.6 Å². The molecule has 1 aliphatic heterocycles. The third-order valence-electron chi connectivity index (χ3n) is 5.13. The smallest absolute Gasteiger partial charge is 0.212 e. The number of hydrogen-bond donors (Lipinski definition) is 2. The first-order chi connectivity index (χ1) is 13.6. The second-order valence-corrected chi connectivity index (χ2v) is 6.73. The summed E-state index contributed by atoms with van der Waals surface area (Å²) in [4.78, 5) is 9.37. The summed E-state index contributed by atoms with van der Waals surface area (Å²) in [6, 6.07) is 11.8. The van der Waals surface area contributed by atoms with Crippen LogP contribution in [0.4, 0.5) is 5.95 Å². The summed E-state index contributed by atoms with van der Waals surface area (Å²) in [6.07, 6.45) is 1.69. The van der Waals surface area contributed by atoms with Crippen molar-refractivity contribution in [3.05, 3.63) is 48.2 Å². The molecule has 0 saturated carbocycles. The first kappa shape index (κ1) is 16.5. The highest BCUT2D eigenvalue weighted by molar-refractivity contribution is 5.97. The highest BCUT2D eigenvalue weighted by Gasteiger charge is 2.29. The largest absolute Gasteiger partial charge is 0.497 e. The molecule has 5 rings (SSSR count). The Bertz CT molecular complexity index is 1250. The maximum atomic E-state index is 6.09. The Morgan fingerprint density at radius 2 is 1.93 bits per heavy atom. The van der Waals surface area contributed by atoms with Crippen molar-refractivity contribution in [2.24, 2.45) is 17.8 Å². The van der Waals surface area contributed by atoms with Crippen molar-refractivity contribution >= 4 is 33.8 Å². The highest BCUT2D eigenvalue weighted by Crippen LogP contribution is 2.41. The number of hydrogen-bond acceptors (Lipinski definition) is 6. The standard InChI is InChI=1S/C20H20N6O2/c1-25-10-12(17-15(25)8-11(27-2)9-16(17)28-3)18-23-19(21)24-20-22-13-6-4-5-7-14(13)26(18)20/h4-10,18H,1-3H3,(H3,21,22,23,24). The molecule has 8 nitrogen and oxygen atoms in total. The van der Waals surface area contributed by atoms with Crippen LogP contribution >= 0.6 is 0 Å². The van der Waals surface area contributed by atoms with Crippen LogP contribution in [0.2, 0.25) is 0 Å². The number of fused-ring (bicyclic) bond motifs is 4. The van der Waals surface area contributed by atoms with Gasteiger partial charge >= 0.3 is 0 Å². The van der Waals surface area contributed by atoms with Crippen molar-refractivity contribution in [2.75, 3.05) is 19.5 Å². The second kappa shape index (κ2) is 5.91. The molecule has 1 aliphatic rings. The number of aliphatic imine (C=N–C) groups is 1. The van der Waals surface area contributed by atoms with Gasteiger partial charge in [0.25, 0.3) is 0 Å². The van der Waals surface area contributed by atoms with Crippen molar-refractivity contribution in [1.29, 1.82) is 0 Å². The molecule has 0 fully saturated rings. The maximum Gasteiger partial charge on any atom is 0.212 e. The van der Waals surface area contributed by atoms with Gasteiger partial charge in [0.05, 0.1) is 30.8 Å². The van der Waals surface area contributed by atoms with Crippen molar-refractivity contribution in [2.45, 2.75) is 6.17 Å². The lowest BCUT2D eigenvalue weighted by Gasteiger charge is -2.23. The summed E-state index contributed by atoms with van der Waals surface area (Å²) in [5.41, 5.74) is 9.93. The number of nitrogens with zero attached hydrogens (tertiary/aromatic N) is 4. The van der Waals surface area contributed by atoms with Crippen molar-refractivity contribution in [3.63, 3.8) is 0 Å². The fourth-order valence-corrected chi connectivity index (χ4v) is 3.89. The third-order valence-corrected chi connectivity index (χ3v) is 5.13. The third kappa shape index (κ3) is 2.24. The van der Waals surface area contributed by atoms with Crippen molar-refractivity contribution < 1.29 is 9.47 Å². The Balaban J connectivity index is 1.82. The number of ether oxygens (including phenoxy) is 2. The van der Waals surface area contributed by atoms with E-state index < -0.39 is 0 Å². The molecule has 0 bridgehead atoms. The number of rotatable bonds is 3. The van der Waals surface area contributed by atoms with Crippen LogP contribution < -0.4 is 20.5 Å². The van der Waals surface area contributed by atoms with Gasteiger partial charge in [-0.25, -0.2) is 9.98 Å². The molecule has 0 radical (unpaired) electrons. The fraction of sp³-hybridized carbons (Fsp3) is 0.200. The predicted molar refractivity (Wildman–Crippen MR) is 109 cm³/mol. The minimum absolute atomic E-state index is 0.331. The van der Waals surface area contributed by atoms with Crippen LogP contribution in [0, 0.1) is 0 Å². The topological polar surface area (TPSA) is 91.6 Å². The summed E-state index contributed by atoms with van der Waals surface area (Å²) in [6.45, 7) is 0. The molecule has 1 atom stereocenters. The van der Waals surface area contributed by atoms with E-state index in [0.29, 0.717) is 11.9 Å². The van der Waals surface area contributed by atoms with Gasteiger partial charge in [-0.15, -0.1) is 0 Å². The van der Waals surface area contributed by atoms with Gasteiger partial charge in [-0.2, -0.15) is 0 Å². The summed E-state index contributed by atoms with van der Waals surface area (Å²) in [7, 11) is 5.29. The number of guanidine groups is 1. The molecule has 0 saturated heterocycles. The monoisotopic (exact) mass is 376 g/mol. The van der Waals surface area contributed by atoms with Crippen LogP contribution in [0.5, 0.6) is 11.5 Å². The van der Waals surface area contributed by atoms with E-state index in [1.54, 1.807) is 14.2 Å². The van der Waals surface area contributed by atoms with Crippen LogP contribution in [-0.4, -0.2) is 34.3 Å². The van der Waals surface area contributed by atoms with Gasteiger partial charge in [-0.1, -0.05) is 12.1 Å². The van der Waals surface area contributed by atoms with Gasteiger partial charge in [0.2, 0.25) is 5.95 Å². The molecule has 4 aromatic rings. The van der Waals surface area contributed by atoms with E-state index in [0.717, 1.165) is 39.0 Å². The zero-order chi connectivity index (χ0) is 19.4. The van der Waals surface area contributed by atoms with E-state index in [-0.39, 0.29) is 6.17 Å². The average molecular weight is 376 g/mol. The first-order valence-corrected chi connectivity index (χ1v) is 8.89. The molecule has 142 valence electrons. The number of methoxy groups -OCH3 is 2. The van der Waals surface area contributed by atoms with Crippen LogP contribution in [0.25, 0.3) is 21.9 Å².